The summed E-state index contributed by atoms with van der Waals surface area (Å²) < 4.78 is 0. The molecule has 0 atom stereocenters. The maximum Gasteiger partial charge on any atom is 0.242 e. The molecule has 0 unspecified atom stereocenters. The molecule has 3 amide bonds. The molecule has 3 fully saturated rings. The summed E-state index contributed by atoms with van der Waals surface area (Å²) in [5.74, 6) is 0.762. The molecule has 0 bridgehead atoms. The zero-order valence-electron chi connectivity index (χ0n) is 14.1. The second-order valence-corrected chi connectivity index (χ2v) is 6.83. The summed E-state index contributed by atoms with van der Waals surface area (Å²) >= 11 is 0. The number of imide groups is 1. The molecule has 132 valence electrons. The van der Waals surface area contributed by atoms with Crippen molar-refractivity contribution >= 4 is 23.5 Å². The van der Waals surface area contributed by atoms with Crippen molar-refractivity contribution in [2.45, 2.75) is 31.6 Å². The third kappa shape index (κ3) is 3.33. The molecule has 1 aromatic rings. The van der Waals surface area contributed by atoms with Crippen LogP contribution in [0.1, 0.15) is 37.3 Å². The molecule has 4 rings (SSSR count). The molecule has 8 heteroatoms. The fraction of sp³-hybridized carbons (Fsp3) is 0.588. The van der Waals surface area contributed by atoms with Crippen LogP contribution in [0.2, 0.25) is 0 Å². The number of amides is 3. The van der Waals surface area contributed by atoms with Crippen LogP contribution in [0.3, 0.4) is 0 Å². The monoisotopic (exact) mass is 343 g/mol. The summed E-state index contributed by atoms with van der Waals surface area (Å²) in [7, 11) is 0. The SMILES string of the molecule is O=C(CN1C(=O)CCC1=O)N1CCN(c2ccc(C3CC3)nn2)CC1. The first kappa shape index (κ1) is 16.0. The van der Waals surface area contributed by atoms with E-state index >= 15 is 0 Å². The second-order valence-electron chi connectivity index (χ2n) is 6.83. The van der Waals surface area contributed by atoms with Crippen LogP contribution in [0.25, 0.3) is 0 Å². The number of carbonyl (C=O) groups is 3. The zero-order chi connectivity index (χ0) is 17.4. The zero-order valence-corrected chi connectivity index (χ0v) is 14.1. The van der Waals surface area contributed by atoms with Gasteiger partial charge in [-0.3, -0.25) is 19.3 Å². The average molecular weight is 343 g/mol. The highest BCUT2D eigenvalue weighted by atomic mass is 16.2. The number of hydrogen-bond acceptors (Lipinski definition) is 6. The first-order chi connectivity index (χ1) is 12.1. The van der Waals surface area contributed by atoms with Crippen LogP contribution in [-0.2, 0) is 14.4 Å². The number of anilines is 1. The Bertz CT molecular complexity index is 677. The highest BCUT2D eigenvalue weighted by Crippen LogP contribution is 2.38. The Balaban J connectivity index is 1.30. The summed E-state index contributed by atoms with van der Waals surface area (Å²) in [6, 6.07) is 4.04. The van der Waals surface area contributed by atoms with Gasteiger partial charge in [0, 0.05) is 44.9 Å². The van der Waals surface area contributed by atoms with Gasteiger partial charge in [-0.2, -0.15) is 5.10 Å². The largest absolute Gasteiger partial charge is 0.352 e. The number of aromatic nitrogens is 2. The predicted molar refractivity (Wildman–Crippen MR) is 88.8 cm³/mol. The molecule has 0 spiro atoms. The molecule has 25 heavy (non-hydrogen) atoms. The number of carbonyl (C=O) groups excluding carboxylic acids is 3. The Hall–Kier alpha value is -2.51. The van der Waals surface area contributed by atoms with Crippen LogP contribution in [0.15, 0.2) is 12.1 Å². The van der Waals surface area contributed by atoms with E-state index in [1.165, 1.54) is 12.8 Å². The lowest BCUT2D eigenvalue weighted by molar-refractivity contribution is -0.145. The number of rotatable bonds is 4. The Kier molecular flexibility index (Phi) is 4.10. The molecule has 1 saturated carbocycles. The minimum atomic E-state index is -0.247. The molecule has 1 aromatic heterocycles. The van der Waals surface area contributed by atoms with E-state index in [1.807, 2.05) is 12.1 Å². The van der Waals surface area contributed by atoms with Gasteiger partial charge >= 0.3 is 0 Å². The van der Waals surface area contributed by atoms with Crippen LogP contribution < -0.4 is 4.90 Å². The fourth-order valence-corrected chi connectivity index (χ4v) is 3.32. The van der Waals surface area contributed by atoms with E-state index in [0.717, 1.165) is 16.4 Å². The van der Waals surface area contributed by atoms with Gasteiger partial charge in [0.2, 0.25) is 17.7 Å². The number of nitrogens with zero attached hydrogens (tertiary/aromatic N) is 5. The quantitative estimate of drug-likeness (QED) is 0.724. The predicted octanol–water partition coefficient (Wildman–Crippen LogP) is 0.152. The first-order valence-electron chi connectivity index (χ1n) is 8.81. The highest BCUT2D eigenvalue weighted by molar-refractivity contribution is 6.04. The van der Waals surface area contributed by atoms with Crippen LogP contribution in [0, 0.1) is 0 Å². The lowest BCUT2D eigenvalue weighted by Gasteiger charge is -2.35. The van der Waals surface area contributed by atoms with Crippen molar-refractivity contribution in [1.29, 1.82) is 0 Å². The van der Waals surface area contributed by atoms with Crippen LogP contribution >= 0.6 is 0 Å². The average Bonchev–Trinajstić information content (AvgIpc) is 3.44. The molecule has 3 aliphatic rings. The van der Waals surface area contributed by atoms with Crippen LogP contribution in [0.4, 0.5) is 5.82 Å². The number of likely N-dealkylation sites (tertiary alicyclic amines) is 1. The summed E-state index contributed by atoms with van der Waals surface area (Å²) in [5.41, 5.74) is 1.07. The molecule has 1 aliphatic carbocycles. The van der Waals surface area contributed by atoms with Crippen LogP contribution in [0.5, 0.6) is 0 Å². The molecule has 0 radical (unpaired) electrons. The van der Waals surface area contributed by atoms with Gasteiger partial charge in [-0.05, 0) is 25.0 Å². The summed E-state index contributed by atoms with van der Waals surface area (Å²) in [4.78, 5) is 40.5. The van der Waals surface area contributed by atoms with Crippen molar-refractivity contribution < 1.29 is 14.4 Å². The molecule has 3 heterocycles. The maximum absolute atomic E-state index is 12.3. The number of hydrogen-bond donors (Lipinski definition) is 0. The highest BCUT2D eigenvalue weighted by Gasteiger charge is 2.32. The third-order valence-electron chi connectivity index (χ3n) is 5.07. The summed E-state index contributed by atoms with van der Waals surface area (Å²) in [6.45, 7) is 2.33. The van der Waals surface area contributed by atoms with Gasteiger partial charge in [0.25, 0.3) is 0 Å². The molecule has 0 aromatic carbocycles. The molecular weight excluding hydrogens is 322 g/mol. The normalized spacial score (nSPS) is 21.2. The van der Waals surface area contributed by atoms with Gasteiger partial charge in [-0.25, -0.2) is 0 Å². The molecule has 8 nitrogen and oxygen atoms in total. The van der Waals surface area contributed by atoms with E-state index in [9.17, 15) is 14.4 Å². The van der Waals surface area contributed by atoms with Crippen molar-refractivity contribution in [3.8, 4) is 0 Å². The van der Waals surface area contributed by atoms with Gasteiger partial charge in [0.15, 0.2) is 5.82 Å². The van der Waals surface area contributed by atoms with Gasteiger partial charge in [-0.15, -0.1) is 5.10 Å². The standard InChI is InChI=1S/C17H21N5O3/c23-15-5-6-16(24)22(15)11-17(25)21-9-7-20(8-10-21)14-4-3-13(18-19-14)12-1-2-12/h3-4,12H,1-2,5-11H2. The molecule has 2 aliphatic heterocycles. The van der Waals surface area contributed by atoms with E-state index in [1.54, 1.807) is 4.90 Å². The number of piperazine rings is 1. The Morgan fingerprint density at radius 1 is 1.00 bits per heavy atom. The summed E-state index contributed by atoms with van der Waals surface area (Å²) in [6.07, 6.45) is 2.85. The van der Waals surface area contributed by atoms with Crippen molar-refractivity contribution in [2.75, 3.05) is 37.6 Å². The van der Waals surface area contributed by atoms with E-state index in [2.05, 4.69) is 15.1 Å². The third-order valence-corrected chi connectivity index (χ3v) is 5.07. The Morgan fingerprint density at radius 3 is 2.24 bits per heavy atom. The van der Waals surface area contributed by atoms with E-state index in [0.29, 0.717) is 32.1 Å². The molecule has 0 N–H and O–H groups in total. The maximum atomic E-state index is 12.3. The van der Waals surface area contributed by atoms with Gasteiger partial charge in [-0.1, -0.05) is 0 Å². The second kappa shape index (κ2) is 6.42. The minimum absolute atomic E-state index is 0.131. The van der Waals surface area contributed by atoms with E-state index in [4.69, 9.17) is 0 Å². The van der Waals surface area contributed by atoms with E-state index in [-0.39, 0.29) is 37.1 Å². The van der Waals surface area contributed by atoms with Crippen molar-refractivity contribution in [3.63, 3.8) is 0 Å². The molecular formula is C17H21N5O3. The summed E-state index contributed by atoms with van der Waals surface area (Å²) in [5, 5.41) is 8.61. The van der Waals surface area contributed by atoms with Crippen molar-refractivity contribution in [2.24, 2.45) is 0 Å². The van der Waals surface area contributed by atoms with Gasteiger partial charge < -0.3 is 9.80 Å². The fourth-order valence-electron chi connectivity index (χ4n) is 3.32. The van der Waals surface area contributed by atoms with Crippen molar-refractivity contribution in [3.05, 3.63) is 17.8 Å². The first-order valence-corrected chi connectivity index (χ1v) is 8.81. The Labute approximate surface area is 145 Å². The van der Waals surface area contributed by atoms with Gasteiger partial charge in [0.05, 0.1) is 5.69 Å². The van der Waals surface area contributed by atoms with Gasteiger partial charge in [0.1, 0.15) is 6.54 Å². The Morgan fingerprint density at radius 2 is 1.68 bits per heavy atom. The lowest BCUT2D eigenvalue weighted by atomic mass is 10.2. The van der Waals surface area contributed by atoms with Crippen molar-refractivity contribution in [1.82, 2.24) is 20.0 Å². The van der Waals surface area contributed by atoms with E-state index < -0.39 is 0 Å². The van der Waals surface area contributed by atoms with Crippen LogP contribution in [-0.4, -0.2) is 70.4 Å². The lowest BCUT2D eigenvalue weighted by Crippen LogP contribution is -2.52. The minimum Gasteiger partial charge on any atom is -0.352 e. The topological polar surface area (TPSA) is 86.7 Å². The molecule has 2 saturated heterocycles. The smallest absolute Gasteiger partial charge is 0.242 e.